The summed E-state index contributed by atoms with van der Waals surface area (Å²) < 4.78 is 1.94. The van der Waals surface area contributed by atoms with Crippen LogP contribution in [0.25, 0.3) is 0 Å². The zero-order valence-electron chi connectivity index (χ0n) is 14.2. The lowest BCUT2D eigenvalue weighted by Crippen LogP contribution is -2.49. The van der Waals surface area contributed by atoms with Gasteiger partial charge in [-0.1, -0.05) is 12.8 Å². The zero-order valence-corrected chi connectivity index (χ0v) is 14.2. The maximum Gasteiger partial charge on any atom is 0.303 e. The molecule has 1 fully saturated rings. The summed E-state index contributed by atoms with van der Waals surface area (Å²) in [6.07, 6.45) is 5.16. The molecule has 0 spiro atoms. The molecule has 1 unspecified atom stereocenters. The van der Waals surface area contributed by atoms with Crippen molar-refractivity contribution in [3.05, 3.63) is 17.5 Å². The van der Waals surface area contributed by atoms with Gasteiger partial charge in [0.25, 0.3) is 0 Å². The third-order valence-electron chi connectivity index (χ3n) is 5.10. The first-order chi connectivity index (χ1) is 11.5. The molecule has 0 radical (unpaired) electrons. The van der Waals surface area contributed by atoms with Gasteiger partial charge in [0.2, 0.25) is 5.91 Å². The minimum atomic E-state index is -0.806. The van der Waals surface area contributed by atoms with Gasteiger partial charge in [-0.3, -0.25) is 19.2 Å². The van der Waals surface area contributed by atoms with E-state index < -0.39 is 5.97 Å². The SMILES string of the molecule is CC(C(=O)NC1CCCC1)N1CCn2nc(CCC(=O)O)cc2C1. The Morgan fingerprint density at radius 3 is 2.83 bits per heavy atom. The van der Waals surface area contributed by atoms with E-state index in [0.29, 0.717) is 19.0 Å². The fourth-order valence-electron chi connectivity index (χ4n) is 3.59. The van der Waals surface area contributed by atoms with E-state index in [9.17, 15) is 9.59 Å². The van der Waals surface area contributed by atoms with E-state index in [2.05, 4.69) is 15.3 Å². The van der Waals surface area contributed by atoms with Crippen molar-refractivity contribution in [1.82, 2.24) is 20.0 Å². The van der Waals surface area contributed by atoms with Crippen LogP contribution in [-0.4, -0.2) is 50.3 Å². The van der Waals surface area contributed by atoms with Crippen molar-refractivity contribution in [2.75, 3.05) is 6.54 Å². The Morgan fingerprint density at radius 2 is 2.12 bits per heavy atom. The van der Waals surface area contributed by atoms with Gasteiger partial charge in [-0.25, -0.2) is 0 Å². The first-order valence-corrected chi connectivity index (χ1v) is 8.85. The van der Waals surface area contributed by atoms with Crippen molar-refractivity contribution in [2.45, 2.75) is 70.6 Å². The number of hydrogen-bond donors (Lipinski definition) is 2. The number of aliphatic carboxylic acids is 1. The molecule has 3 rings (SSSR count). The minimum absolute atomic E-state index is 0.0976. The molecule has 24 heavy (non-hydrogen) atoms. The van der Waals surface area contributed by atoms with E-state index >= 15 is 0 Å². The van der Waals surface area contributed by atoms with E-state index in [1.165, 1.54) is 12.8 Å². The monoisotopic (exact) mass is 334 g/mol. The number of carboxylic acid groups (broad SMARTS) is 1. The molecule has 1 aromatic heterocycles. The van der Waals surface area contributed by atoms with Crippen LogP contribution in [0.4, 0.5) is 0 Å². The summed E-state index contributed by atoms with van der Waals surface area (Å²) >= 11 is 0. The van der Waals surface area contributed by atoms with Crippen molar-refractivity contribution in [3.63, 3.8) is 0 Å². The van der Waals surface area contributed by atoms with Crippen LogP contribution in [-0.2, 0) is 29.1 Å². The zero-order chi connectivity index (χ0) is 17.1. The number of nitrogens with one attached hydrogen (secondary N) is 1. The van der Waals surface area contributed by atoms with E-state index in [0.717, 1.165) is 37.3 Å². The number of amides is 1. The molecule has 1 amide bonds. The number of carbonyl (C=O) groups is 2. The maximum atomic E-state index is 12.5. The van der Waals surface area contributed by atoms with E-state index in [1.807, 2.05) is 17.7 Å². The van der Waals surface area contributed by atoms with Crippen LogP contribution < -0.4 is 5.32 Å². The maximum absolute atomic E-state index is 12.5. The quantitative estimate of drug-likeness (QED) is 0.815. The van der Waals surface area contributed by atoms with Gasteiger partial charge in [0.1, 0.15) is 0 Å². The Kier molecular flexibility index (Phi) is 5.18. The third-order valence-corrected chi connectivity index (χ3v) is 5.10. The van der Waals surface area contributed by atoms with Gasteiger partial charge in [0.05, 0.1) is 30.4 Å². The molecule has 2 aliphatic rings. The minimum Gasteiger partial charge on any atom is -0.481 e. The Bertz CT molecular complexity index is 607. The first kappa shape index (κ1) is 17.0. The van der Waals surface area contributed by atoms with E-state index in [-0.39, 0.29) is 18.4 Å². The molecule has 1 saturated carbocycles. The molecule has 0 bridgehead atoms. The lowest BCUT2D eigenvalue weighted by atomic mass is 10.1. The molecule has 0 aromatic carbocycles. The van der Waals surface area contributed by atoms with Crippen molar-refractivity contribution in [1.29, 1.82) is 0 Å². The second kappa shape index (κ2) is 7.34. The first-order valence-electron chi connectivity index (χ1n) is 8.85. The number of aromatic nitrogens is 2. The van der Waals surface area contributed by atoms with Gasteiger partial charge < -0.3 is 10.4 Å². The molecule has 1 aromatic rings. The third kappa shape index (κ3) is 3.95. The Balaban J connectivity index is 1.57. The fourth-order valence-corrected chi connectivity index (χ4v) is 3.59. The van der Waals surface area contributed by atoms with Gasteiger partial charge in [-0.2, -0.15) is 5.10 Å². The van der Waals surface area contributed by atoms with E-state index in [1.54, 1.807) is 0 Å². The van der Waals surface area contributed by atoms with Crippen molar-refractivity contribution >= 4 is 11.9 Å². The molecule has 2 N–H and O–H groups in total. The van der Waals surface area contributed by atoms with Crippen molar-refractivity contribution in [2.24, 2.45) is 0 Å². The second-order valence-electron chi connectivity index (χ2n) is 6.88. The average molecular weight is 334 g/mol. The molecule has 0 saturated heterocycles. The normalized spacial score (nSPS) is 19.9. The number of carbonyl (C=O) groups excluding carboxylic acids is 1. The Labute approximate surface area is 142 Å². The molecule has 2 heterocycles. The Morgan fingerprint density at radius 1 is 1.38 bits per heavy atom. The van der Waals surface area contributed by atoms with Gasteiger partial charge >= 0.3 is 5.97 Å². The highest BCUT2D eigenvalue weighted by atomic mass is 16.4. The smallest absolute Gasteiger partial charge is 0.303 e. The number of fused-ring (bicyclic) bond motifs is 1. The summed E-state index contributed by atoms with van der Waals surface area (Å²) in [5, 5.41) is 16.4. The van der Waals surface area contributed by atoms with Crippen LogP contribution >= 0.6 is 0 Å². The predicted octanol–water partition coefficient (Wildman–Crippen LogP) is 1.16. The molecule has 1 aliphatic carbocycles. The summed E-state index contributed by atoms with van der Waals surface area (Å²) in [5.41, 5.74) is 1.87. The van der Waals surface area contributed by atoms with Gasteiger partial charge in [-0.05, 0) is 25.8 Å². The molecule has 7 heteroatoms. The largest absolute Gasteiger partial charge is 0.481 e. The summed E-state index contributed by atoms with van der Waals surface area (Å²) in [6.45, 7) is 4.16. The second-order valence-corrected chi connectivity index (χ2v) is 6.88. The highest BCUT2D eigenvalue weighted by Gasteiger charge is 2.28. The lowest BCUT2D eigenvalue weighted by molar-refractivity contribution is -0.137. The van der Waals surface area contributed by atoms with Crippen LogP contribution in [0.15, 0.2) is 6.07 Å². The molecule has 1 aliphatic heterocycles. The summed E-state index contributed by atoms with van der Waals surface area (Å²) in [7, 11) is 0. The standard InChI is InChI=1S/C17H26N4O3/c1-12(17(24)18-13-4-2-3-5-13)20-8-9-21-15(11-20)10-14(19-21)6-7-16(22)23/h10,12-13H,2-9,11H2,1H3,(H,18,24)(H,22,23). The van der Waals surface area contributed by atoms with Crippen LogP contribution in [0, 0.1) is 0 Å². The summed E-state index contributed by atoms with van der Waals surface area (Å²) in [5.74, 6) is -0.694. The van der Waals surface area contributed by atoms with Crippen molar-refractivity contribution in [3.8, 4) is 0 Å². The molecule has 132 valence electrons. The van der Waals surface area contributed by atoms with Crippen molar-refractivity contribution < 1.29 is 14.7 Å². The topological polar surface area (TPSA) is 87.5 Å². The molecule has 7 nitrogen and oxygen atoms in total. The highest BCUT2D eigenvalue weighted by molar-refractivity contribution is 5.81. The number of rotatable bonds is 6. The predicted molar refractivity (Wildman–Crippen MR) is 88.5 cm³/mol. The van der Waals surface area contributed by atoms with E-state index in [4.69, 9.17) is 5.11 Å². The van der Waals surface area contributed by atoms with Gasteiger partial charge in [0, 0.05) is 25.6 Å². The van der Waals surface area contributed by atoms with Crippen LogP contribution in [0.1, 0.15) is 50.4 Å². The fraction of sp³-hybridized carbons (Fsp3) is 0.706. The molecular formula is C17H26N4O3. The number of carboxylic acids is 1. The molecule has 1 atom stereocenters. The summed E-state index contributed by atoms with van der Waals surface area (Å²) in [4.78, 5) is 25.3. The van der Waals surface area contributed by atoms with Crippen LogP contribution in [0.2, 0.25) is 0 Å². The highest BCUT2D eigenvalue weighted by Crippen LogP contribution is 2.20. The number of nitrogens with zero attached hydrogens (tertiary/aromatic N) is 3. The average Bonchev–Trinajstić information content (AvgIpc) is 3.20. The van der Waals surface area contributed by atoms with Gasteiger partial charge in [-0.15, -0.1) is 0 Å². The van der Waals surface area contributed by atoms with Crippen LogP contribution in [0.5, 0.6) is 0 Å². The Hall–Kier alpha value is -1.89. The number of hydrogen-bond acceptors (Lipinski definition) is 4. The van der Waals surface area contributed by atoms with Crippen LogP contribution in [0.3, 0.4) is 0 Å². The lowest BCUT2D eigenvalue weighted by Gasteiger charge is -2.32. The summed E-state index contributed by atoms with van der Waals surface area (Å²) in [6, 6.07) is 2.16. The molecular weight excluding hydrogens is 308 g/mol. The number of aryl methyl sites for hydroxylation is 1. The van der Waals surface area contributed by atoms with Gasteiger partial charge in [0.15, 0.2) is 0 Å².